The Hall–Kier alpha value is -3.86. The van der Waals surface area contributed by atoms with E-state index in [2.05, 4.69) is 10.5 Å². The number of fused-ring (bicyclic) bond motifs is 2. The fraction of sp³-hybridized carbons (Fsp3) is 0.111. The average molecular weight is 348 g/mol. The minimum Gasteiger partial charge on any atom is -0.454 e. The number of anilines is 2. The van der Waals surface area contributed by atoms with Crippen molar-refractivity contribution in [3.05, 3.63) is 48.0 Å². The van der Waals surface area contributed by atoms with Gasteiger partial charge in [-0.05, 0) is 37.3 Å². The molecular formula is C18H16N6O2. The van der Waals surface area contributed by atoms with Gasteiger partial charge in [0.15, 0.2) is 11.6 Å². The van der Waals surface area contributed by atoms with E-state index in [1.165, 1.54) is 0 Å². The van der Waals surface area contributed by atoms with Gasteiger partial charge in [-0.25, -0.2) is 0 Å². The summed E-state index contributed by atoms with van der Waals surface area (Å²) in [5.41, 5.74) is 9.19. The van der Waals surface area contributed by atoms with Gasteiger partial charge in [-0.3, -0.25) is 15.6 Å². The van der Waals surface area contributed by atoms with Crippen molar-refractivity contribution in [1.29, 1.82) is 10.7 Å². The number of amides is 1. The minimum atomic E-state index is -0.443. The predicted octanol–water partition coefficient (Wildman–Crippen LogP) is 2.69. The smallest absolute Gasteiger partial charge is 0.262 e. The Balaban J connectivity index is 2.00. The lowest BCUT2D eigenvalue weighted by molar-refractivity contribution is 0.0988. The molecule has 8 nitrogen and oxygen atoms in total. The van der Waals surface area contributed by atoms with Gasteiger partial charge >= 0.3 is 0 Å². The Morgan fingerprint density at radius 3 is 2.81 bits per heavy atom. The number of benzene rings is 2. The molecule has 26 heavy (non-hydrogen) atoms. The Morgan fingerprint density at radius 2 is 2.12 bits per heavy atom. The SMILES string of the molecule is CCN1C(=O)c2cc(N/N=C(\C#N)C(=N)N)ccc2Oc2ccccc21. The number of carbonyl (C=O) groups excluding carboxylic acids is 1. The molecule has 0 fully saturated rings. The van der Waals surface area contributed by atoms with Gasteiger partial charge < -0.3 is 15.4 Å². The zero-order valence-electron chi connectivity index (χ0n) is 14.0. The standard InChI is InChI=1S/C18H16N6O2/c1-2-24-14-5-3-4-6-16(14)26-15-8-7-11(9-12(15)18(24)25)22-23-13(10-19)17(20)21/h3-9,22H,2H2,1H3,(H3,20,21)/b23-13+. The summed E-state index contributed by atoms with van der Waals surface area (Å²) in [5, 5.41) is 19.9. The lowest BCUT2D eigenvalue weighted by Crippen LogP contribution is -2.29. The van der Waals surface area contributed by atoms with Crippen molar-refractivity contribution in [2.75, 3.05) is 16.9 Å². The van der Waals surface area contributed by atoms with Gasteiger partial charge in [-0.2, -0.15) is 10.4 Å². The molecule has 1 heterocycles. The highest BCUT2D eigenvalue weighted by Gasteiger charge is 2.27. The van der Waals surface area contributed by atoms with Crippen LogP contribution in [0.5, 0.6) is 11.5 Å². The highest BCUT2D eigenvalue weighted by Crippen LogP contribution is 2.39. The number of nitriles is 1. The molecule has 0 saturated carbocycles. The van der Waals surface area contributed by atoms with Crippen LogP contribution in [-0.4, -0.2) is 24.0 Å². The molecule has 0 aliphatic carbocycles. The highest BCUT2D eigenvalue weighted by atomic mass is 16.5. The first-order valence-corrected chi connectivity index (χ1v) is 7.86. The van der Waals surface area contributed by atoms with Crippen molar-refractivity contribution in [2.24, 2.45) is 10.8 Å². The largest absolute Gasteiger partial charge is 0.454 e. The Labute approximate surface area is 150 Å². The number of hydrogen-bond acceptors (Lipinski definition) is 6. The second-order valence-electron chi connectivity index (χ2n) is 5.43. The third-order valence-electron chi connectivity index (χ3n) is 3.81. The molecule has 2 aromatic rings. The summed E-state index contributed by atoms with van der Waals surface area (Å²) in [6.07, 6.45) is 0. The van der Waals surface area contributed by atoms with Gasteiger partial charge in [0, 0.05) is 6.54 Å². The number of hydrogen-bond donors (Lipinski definition) is 3. The van der Waals surface area contributed by atoms with Crippen molar-refractivity contribution < 1.29 is 9.53 Å². The number of nitrogens with one attached hydrogen (secondary N) is 2. The van der Waals surface area contributed by atoms with Crippen LogP contribution in [-0.2, 0) is 0 Å². The summed E-state index contributed by atoms with van der Waals surface area (Å²) in [4.78, 5) is 14.6. The summed E-state index contributed by atoms with van der Waals surface area (Å²) in [7, 11) is 0. The average Bonchev–Trinajstić information content (AvgIpc) is 2.75. The highest BCUT2D eigenvalue weighted by molar-refractivity contribution is 6.45. The van der Waals surface area contributed by atoms with Crippen LogP contribution in [0.2, 0.25) is 0 Å². The first-order valence-electron chi connectivity index (χ1n) is 7.86. The van der Waals surface area contributed by atoms with Gasteiger partial charge in [0.1, 0.15) is 11.8 Å². The van der Waals surface area contributed by atoms with Gasteiger partial charge in [-0.1, -0.05) is 12.1 Å². The van der Waals surface area contributed by atoms with Crippen molar-refractivity contribution in [3.8, 4) is 17.6 Å². The van der Waals surface area contributed by atoms with Crippen LogP contribution in [0.3, 0.4) is 0 Å². The molecule has 0 aromatic heterocycles. The molecule has 1 aliphatic rings. The molecule has 0 unspecified atom stereocenters. The topological polar surface area (TPSA) is 128 Å². The van der Waals surface area contributed by atoms with Crippen LogP contribution in [0, 0.1) is 16.7 Å². The third-order valence-corrected chi connectivity index (χ3v) is 3.81. The number of nitrogens with zero attached hydrogens (tertiary/aromatic N) is 3. The summed E-state index contributed by atoms with van der Waals surface area (Å²) in [6, 6.07) is 14.0. The van der Waals surface area contributed by atoms with E-state index in [0.717, 1.165) is 0 Å². The van der Waals surface area contributed by atoms with E-state index in [1.807, 2.05) is 31.2 Å². The molecule has 0 bridgehead atoms. The zero-order valence-corrected chi connectivity index (χ0v) is 14.0. The molecule has 0 saturated heterocycles. The van der Waals surface area contributed by atoms with Gasteiger partial charge in [-0.15, -0.1) is 0 Å². The molecule has 4 N–H and O–H groups in total. The lowest BCUT2D eigenvalue weighted by atomic mass is 10.1. The molecule has 1 aliphatic heterocycles. The number of hydrazone groups is 1. The Morgan fingerprint density at radius 1 is 1.35 bits per heavy atom. The number of nitrogens with two attached hydrogens (primary N) is 1. The summed E-state index contributed by atoms with van der Waals surface area (Å²) in [5.74, 6) is 0.387. The molecule has 0 atom stereocenters. The molecule has 0 spiro atoms. The van der Waals surface area contributed by atoms with E-state index in [1.54, 1.807) is 29.2 Å². The Kier molecular flexibility index (Phi) is 4.53. The number of ether oxygens (including phenoxy) is 1. The summed E-state index contributed by atoms with van der Waals surface area (Å²) in [6.45, 7) is 2.37. The molecule has 0 radical (unpaired) electrons. The maximum atomic E-state index is 13.0. The predicted molar refractivity (Wildman–Crippen MR) is 98.9 cm³/mol. The number of carbonyl (C=O) groups is 1. The van der Waals surface area contributed by atoms with E-state index < -0.39 is 5.84 Å². The van der Waals surface area contributed by atoms with Crippen LogP contribution in [0.4, 0.5) is 11.4 Å². The zero-order chi connectivity index (χ0) is 18.7. The maximum absolute atomic E-state index is 13.0. The Bertz CT molecular complexity index is 960. The molecule has 2 aromatic carbocycles. The second kappa shape index (κ2) is 6.94. The van der Waals surface area contributed by atoms with Gasteiger partial charge in [0.2, 0.25) is 5.71 Å². The van der Waals surface area contributed by atoms with E-state index in [9.17, 15) is 4.79 Å². The molecule has 8 heteroatoms. The van der Waals surface area contributed by atoms with Crippen LogP contribution in [0.15, 0.2) is 47.6 Å². The summed E-state index contributed by atoms with van der Waals surface area (Å²) >= 11 is 0. The van der Waals surface area contributed by atoms with Crippen LogP contribution in [0.1, 0.15) is 17.3 Å². The second-order valence-corrected chi connectivity index (χ2v) is 5.43. The molecule has 3 rings (SSSR count). The quantitative estimate of drug-likeness (QED) is 0.444. The first kappa shape index (κ1) is 17.0. The normalized spacial score (nSPS) is 13.0. The lowest BCUT2D eigenvalue weighted by Gasteiger charge is -2.19. The molecule has 130 valence electrons. The maximum Gasteiger partial charge on any atom is 0.262 e. The fourth-order valence-corrected chi connectivity index (χ4v) is 2.58. The number of rotatable bonds is 4. The van der Waals surface area contributed by atoms with E-state index in [4.69, 9.17) is 21.1 Å². The van der Waals surface area contributed by atoms with E-state index >= 15 is 0 Å². The summed E-state index contributed by atoms with van der Waals surface area (Å²) < 4.78 is 5.91. The van der Waals surface area contributed by atoms with Gasteiger partial charge in [0.25, 0.3) is 5.91 Å². The molecule has 1 amide bonds. The van der Waals surface area contributed by atoms with Crippen LogP contribution < -0.4 is 20.8 Å². The van der Waals surface area contributed by atoms with Crippen molar-refractivity contribution >= 4 is 28.8 Å². The van der Waals surface area contributed by atoms with Crippen LogP contribution in [0.25, 0.3) is 0 Å². The number of para-hydroxylation sites is 2. The van der Waals surface area contributed by atoms with Crippen molar-refractivity contribution in [2.45, 2.75) is 6.92 Å². The third kappa shape index (κ3) is 3.06. The van der Waals surface area contributed by atoms with Crippen molar-refractivity contribution in [1.82, 2.24) is 0 Å². The minimum absolute atomic E-state index is 0.202. The first-order chi connectivity index (χ1) is 12.5. The monoisotopic (exact) mass is 348 g/mol. The van der Waals surface area contributed by atoms with Gasteiger partial charge in [0.05, 0.1) is 16.9 Å². The fourth-order valence-electron chi connectivity index (χ4n) is 2.58. The number of amidine groups is 1. The van der Waals surface area contributed by atoms with Crippen LogP contribution >= 0.6 is 0 Å². The molecular weight excluding hydrogens is 332 g/mol. The van der Waals surface area contributed by atoms with Crippen molar-refractivity contribution in [3.63, 3.8) is 0 Å². The van der Waals surface area contributed by atoms with E-state index in [0.29, 0.717) is 35.0 Å². The van der Waals surface area contributed by atoms with E-state index in [-0.39, 0.29) is 11.6 Å².